The van der Waals surface area contributed by atoms with Gasteiger partial charge >= 0.3 is 0 Å². The Kier molecular flexibility index (Phi) is 7.93. The predicted octanol–water partition coefficient (Wildman–Crippen LogP) is 1.22. The van der Waals surface area contributed by atoms with Crippen molar-refractivity contribution in [2.24, 2.45) is 0 Å². The Morgan fingerprint density at radius 1 is 1.39 bits per heavy atom. The highest BCUT2D eigenvalue weighted by molar-refractivity contribution is 4.81. The van der Waals surface area contributed by atoms with Gasteiger partial charge in [0.15, 0.2) is 0 Å². The number of aliphatic hydroxyl groups excluding tert-OH is 1. The van der Waals surface area contributed by atoms with Crippen molar-refractivity contribution in [1.82, 2.24) is 4.90 Å². The second-order valence-corrected chi connectivity index (χ2v) is 4.62. The predicted molar refractivity (Wildman–Crippen MR) is 72.6 cm³/mol. The summed E-state index contributed by atoms with van der Waals surface area (Å²) in [5.74, 6) is 0. The molecule has 1 heterocycles. The molecule has 2 atom stereocenters. The fourth-order valence-electron chi connectivity index (χ4n) is 2.05. The summed E-state index contributed by atoms with van der Waals surface area (Å²) in [6.45, 7) is 11.2. The molecule has 4 nitrogen and oxygen atoms in total. The molecule has 1 fully saturated rings. The first-order valence-corrected chi connectivity index (χ1v) is 6.57. The average Bonchev–Trinajstić information content (AvgIpc) is 2.82. The van der Waals surface area contributed by atoms with Crippen molar-refractivity contribution in [3.63, 3.8) is 0 Å². The number of rotatable bonds is 10. The SMILES string of the molecule is C=CCN(CC=C)CC(O)COCC1CCCO1. The number of hydrogen-bond donors (Lipinski definition) is 1. The summed E-state index contributed by atoms with van der Waals surface area (Å²) in [4.78, 5) is 2.07. The summed E-state index contributed by atoms with van der Waals surface area (Å²) in [7, 11) is 0. The smallest absolute Gasteiger partial charge is 0.0900 e. The van der Waals surface area contributed by atoms with Crippen molar-refractivity contribution >= 4 is 0 Å². The molecule has 0 aromatic rings. The number of nitrogens with zero attached hydrogens (tertiary/aromatic N) is 1. The van der Waals surface area contributed by atoms with Crippen LogP contribution in [0.5, 0.6) is 0 Å². The van der Waals surface area contributed by atoms with Crippen LogP contribution in [-0.2, 0) is 9.47 Å². The number of aliphatic hydroxyl groups is 1. The molecule has 4 heteroatoms. The molecule has 0 radical (unpaired) electrons. The van der Waals surface area contributed by atoms with Crippen molar-refractivity contribution < 1.29 is 14.6 Å². The summed E-state index contributed by atoms with van der Waals surface area (Å²) >= 11 is 0. The lowest BCUT2D eigenvalue weighted by atomic mass is 10.2. The van der Waals surface area contributed by atoms with E-state index in [1.165, 1.54) is 0 Å². The second-order valence-electron chi connectivity index (χ2n) is 4.62. The summed E-state index contributed by atoms with van der Waals surface area (Å²) in [5, 5.41) is 9.87. The highest BCUT2D eigenvalue weighted by atomic mass is 16.5. The van der Waals surface area contributed by atoms with Crippen molar-refractivity contribution in [2.45, 2.75) is 25.0 Å². The largest absolute Gasteiger partial charge is 0.389 e. The van der Waals surface area contributed by atoms with Gasteiger partial charge in [0.05, 0.1) is 25.4 Å². The zero-order valence-electron chi connectivity index (χ0n) is 11.1. The van der Waals surface area contributed by atoms with Gasteiger partial charge in [0.1, 0.15) is 0 Å². The minimum atomic E-state index is -0.480. The first kappa shape index (κ1) is 15.4. The van der Waals surface area contributed by atoms with Gasteiger partial charge in [0, 0.05) is 26.2 Å². The lowest BCUT2D eigenvalue weighted by Crippen LogP contribution is -2.35. The molecule has 0 aromatic carbocycles. The first-order valence-electron chi connectivity index (χ1n) is 6.57. The Balaban J connectivity index is 2.11. The van der Waals surface area contributed by atoms with E-state index < -0.39 is 6.10 Å². The third-order valence-electron chi connectivity index (χ3n) is 2.88. The maximum atomic E-state index is 9.87. The van der Waals surface area contributed by atoms with Crippen LogP contribution in [-0.4, -0.2) is 61.7 Å². The maximum absolute atomic E-state index is 9.87. The van der Waals surface area contributed by atoms with Crippen molar-refractivity contribution in [3.05, 3.63) is 25.3 Å². The summed E-state index contributed by atoms with van der Waals surface area (Å²) in [6.07, 6.45) is 5.56. The molecule has 0 aliphatic carbocycles. The van der Waals surface area contributed by atoms with E-state index in [-0.39, 0.29) is 6.10 Å². The highest BCUT2D eigenvalue weighted by Gasteiger charge is 2.16. The molecule has 1 aliphatic heterocycles. The molecule has 104 valence electrons. The fourth-order valence-corrected chi connectivity index (χ4v) is 2.05. The Bertz CT molecular complexity index is 229. The van der Waals surface area contributed by atoms with Gasteiger partial charge in [-0.3, -0.25) is 4.90 Å². The topological polar surface area (TPSA) is 41.9 Å². The maximum Gasteiger partial charge on any atom is 0.0900 e. The fraction of sp³-hybridized carbons (Fsp3) is 0.714. The van der Waals surface area contributed by atoms with Crippen LogP contribution in [0.3, 0.4) is 0 Å². The lowest BCUT2D eigenvalue weighted by Gasteiger charge is -2.22. The van der Waals surface area contributed by atoms with Crippen LogP contribution >= 0.6 is 0 Å². The third kappa shape index (κ3) is 6.31. The molecular weight excluding hydrogens is 230 g/mol. The Morgan fingerprint density at radius 3 is 2.67 bits per heavy atom. The molecule has 1 aliphatic rings. The van der Waals surface area contributed by atoms with Gasteiger partial charge < -0.3 is 14.6 Å². The van der Waals surface area contributed by atoms with E-state index >= 15 is 0 Å². The van der Waals surface area contributed by atoms with E-state index in [1.54, 1.807) is 0 Å². The Hall–Kier alpha value is -0.680. The van der Waals surface area contributed by atoms with Crippen LogP contribution in [0.25, 0.3) is 0 Å². The van der Waals surface area contributed by atoms with E-state index in [0.717, 1.165) is 32.5 Å². The molecule has 1 saturated heterocycles. The third-order valence-corrected chi connectivity index (χ3v) is 2.88. The van der Waals surface area contributed by atoms with Crippen LogP contribution in [0.1, 0.15) is 12.8 Å². The lowest BCUT2D eigenvalue weighted by molar-refractivity contribution is -0.0236. The number of ether oxygens (including phenoxy) is 2. The molecule has 18 heavy (non-hydrogen) atoms. The monoisotopic (exact) mass is 255 g/mol. The van der Waals surface area contributed by atoms with Crippen LogP contribution in [0, 0.1) is 0 Å². The zero-order chi connectivity index (χ0) is 13.2. The van der Waals surface area contributed by atoms with E-state index in [9.17, 15) is 5.11 Å². The van der Waals surface area contributed by atoms with E-state index in [2.05, 4.69) is 18.1 Å². The molecule has 0 saturated carbocycles. The molecular formula is C14H25NO3. The molecule has 0 aromatic heterocycles. The molecule has 0 amide bonds. The summed E-state index contributed by atoms with van der Waals surface area (Å²) in [5.41, 5.74) is 0. The van der Waals surface area contributed by atoms with Gasteiger partial charge in [-0.2, -0.15) is 0 Å². The van der Waals surface area contributed by atoms with Crippen molar-refractivity contribution in [3.8, 4) is 0 Å². The quantitative estimate of drug-likeness (QED) is 0.596. The molecule has 0 spiro atoms. The molecule has 1 rings (SSSR count). The van der Waals surface area contributed by atoms with Gasteiger partial charge in [-0.25, -0.2) is 0 Å². The van der Waals surface area contributed by atoms with E-state index in [1.807, 2.05) is 12.2 Å². The van der Waals surface area contributed by atoms with Crippen LogP contribution in [0.15, 0.2) is 25.3 Å². The molecule has 2 unspecified atom stereocenters. The minimum Gasteiger partial charge on any atom is -0.389 e. The second kappa shape index (κ2) is 9.28. The van der Waals surface area contributed by atoms with E-state index in [0.29, 0.717) is 19.8 Å². The zero-order valence-corrected chi connectivity index (χ0v) is 11.1. The Labute approximate surface area is 110 Å². The molecule has 0 bridgehead atoms. The van der Waals surface area contributed by atoms with Gasteiger partial charge in [-0.15, -0.1) is 13.2 Å². The Morgan fingerprint density at radius 2 is 2.11 bits per heavy atom. The van der Waals surface area contributed by atoms with E-state index in [4.69, 9.17) is 9.47 Å². The van der Waals surface area contributed by atoms with Gasteiger partial charge in [0.2, 0.25) is 0 Å². The van der Waals surface area contributed by atoms with Crippen molar-refractivity contribution in [1.29, 1.82) is 0 Å². The minimum absolute atomic E-state index is 0.217. The van der Waals surface area contributed by atoms with Gasteiger partial charge in [-0.05, 0) is 12.8 Å². The van der Waals surface area contributed by atoms with Crippen LogP contribution in [0.2, 0.25) is 0 Å². The van der Waals surface area contributed by atoms with Gasteiger partial charge in [0.25, 0.3) is 0 Å². The molecule has 1 N–H and O–H groups in total. The number of hydrogen-bond acceptors (Lipinski definition) is 4. The summed E-state index contributed by atoms with van der Waals surface area (Å²) in [6, 6.07) is 0. The first-order chi connectivity index (χ1) is 8.76. The normalized spacial score (nSPS) is 21.1. The summed E-state index contributed by atoms with van der Waals surface area (Å²) < 4.78 is 10.9. The standard InChI is InChI=1S/C14H25NO3/c1-3-7-15(8-4-2)10-13(16)11-17-12-14-6-5-9-18-14/h3-4,13-14,16H,1-2,5-12H2. The van der Waals surface area contributed by atoms with Gasteiger partial charge in [-0.1, -0.05) is 12.2 Å². The van der Waals surface area contributed by atoms with Crippen molar-refractivity contribution in [2.75, 3.05) is 39.5 Å². The van der Waals surface area contributed by atoms with Crippen LogP contribution < -0.4 is 0 Å². The average molecular weight is 255 g/mol. The highest BCUT2D eigenvalue weighted by Crippen LogP contribution is 2.11. The van der Waals surface area contributed by atoms with Crippen LogP contribution in [0.4, 0.5) is 0 Å².